The number of aromatic nitrogens is 1. The Bertz CT molecular complexity index is 528. The second-order valence-corrected chi connectivity index (χ2v) is 4.08. The minimum atomic E-state index is -1.30. The summed E-state index contributed by atoms with van der Waals surface area (Å²) in [5, 5.41) is 36.5. The molecule has 0 amide bonds. The topological polar surface area (TPSA) is 101 Å². The number of halogens is 2. The Morgan fingerprint density at radius 3 is 1.63 bits per heavy atom. The van der Waals surface area contributed by atoms with E-state index in [4.69, 9.17) is 10.5 Å². The van der Waals surface area contributed by atoms with Gasteiger partial charge in [-0.05, 0) is 13.8 Å². The lowest BCUT2D eigenvalue weighted by molar-refractivity contribution is 0.0692. The van der Waals surface area contributed by atoms with E-state index in [0.29, 0.717) is 0 Å². The van der Waals surface area contributed by atoms with Crippen molar-refractivity contribution in [1.82, 2.24) is 4.98 Å². The fraction of sp³-hybridized carbons (Fsp3) is 0.417. The highest BCUT2D eigenvalue weighted by molar-refractivity contribution is 5.39. The van der Waals surface area contributed by atoms with Crippen LogP contribution in [0.15, 0.2) is 0 Å². The van der Waals surface area contributed by atoms with Crippen LogP contribution in [0.1, 0.15) is 36.7 Å². The molecular formula is C12H11F2N3O2. The van der Waals surface area contributed by atoms with Crippen molar-refractivity contribution in [2.45, 2.75) is 32.0 Å². The van der Waals surface area contributed by atoms with Crippen LogP contribution < -0.4 is 0 Å². The maximum absolute atomic E-state index is 14.0. The van der Waals surface area contributed by atoms with Crippen LogP contribution in [0, 0.1) is 34.3 Å². The first-order valence-corrected chi connectivity index (χ1v) is 5.40. The van der Waals surface area contributed by atoms with Gasteiger partial charge in [0.1, 0.15) is 12.1 Å². The van der Waals surface area contributed by atoms with Crippen LogP contribution in [0.5, 0.6) is 0 Å². The van der Waals surface area contributed by atoms with E-state index in [1.165, 1.54) is 26.0 Å². The van der Waals surface area contributed by atoms with Crippen LogP contribution in [-0.2, 0) is 0 Å². The summed E-state index contributed by atoms with van der Waals surface area (Å²) in [7, 11) is 0. The Labute approximate surface area is 108 Å². The standard InChI is InChI=1S/C12H11F2N3O2/c1-5(18)9(6(2)19)10-11(13)7(3-15)17-8(4-16)12(10)14/h5-6,9,18-19H,1-2H3. The monoisotopic (exact) mass is 267 g/mol. The van der Waals surface area contributed by atoms with Crippen molar-refractivity contribution in [2.24, 2.45) is 0 Å². The summed E-state index contributed by atoms with van der Waals surface area (Å²) in [6, 6.07) is 2.81. The highest BCUT2D eigenvalue weighted by Crippen LogP contribution is 2.30. The van der Waals surface area contributed by atoms with Gasteiger partial charge in [0, 0.05) is 11.5 Å². The molecule has 0 aliphatic heterocycles. The molecule has 2 N–H and O–H groups in total. The van der Waals surface area contributed by atoms with E-state index in [0.717, 1.165) is 0 Å². The van der Waals surface area contributed by atoms with Gasteiger partial charge in [-0.25, -0.2) is 13.8 Å². The molecule has 2 atom stereocenters. The second-order valence-electron chi connectivity index (χ2n) is 4.08. The molecule has 1 rings (SSSR count). The molecule has 0 radical (unpaired) electrons. The molecule has 19 heavy (non-hydrogen) atoms. The van der Waals surface area contributed by atoms with Gasteiger partial charge < -0.3 is 10.2 Å². The van der Waals surface area contributed by atoms with Crippen LogP contribution in [0.25, 0.3) is 0 Å². The smallest absolute Gasteiger partial charge is 0.178 e. The molecule has 1 aromatic rings. The molecule has 0 fully saturated rings. The van der Waals surface area contributed by atoms with Crippen molar-refractivity contribution >= 4 is 0 Å². The minimum Gasteiger partial charge on any atom is -0.393 e. The number of rotatable bonds is 3. The van der Waals surface area contributed by atoms with Crippen molar-refractivity contribution in [1.29, 1.82) is 10.5 Å². The quantitative estimate of drug-likeness (QED) is 0.849. The Morgan fingerprint density at radius 1 is 1.00 bits per heavy atom. The van der Waals surface area contributed by atoms with Gasteiger partial charge in [-0.1, -0.05) is 0 Å². The molecule has 100 valence electrons. The molecule has 5 nitrogen and oxygen atoms in total. The van der Waals surface area contributed by atoms with Gasteiger partial charge in [-0.15, -0.1) is 0 Å². The number of nitriles is 2. The largest absolute Gasteiger partial charge is 0.393 e. The summed E-state index contributed by atoms with van der Waals surface area (Å²) >= 11 is 0. The molecule has 0 spiro atoms. The first kappa shape index (κ1) is 15.0. The summed E-state index contributed by atoms with van der Waals surface area (Å²) < 4.78 is 27.9. The van der Waals surface area contributed by atoms with E-state index in [1.807, 2.05) is 0 Å². The molecule has 1 aromatic heterocycles. The predicted octanol–water partition coefficient (Wildman–Crippen LogP) is 0.948. The van der Waals surface area contributed by atoms with Crippen molar-refractivity contribution < 1.29 is 19.0 Å². The lowest BCUT2D eigenvalue weighted by atomic mass is 9.88. The molecular weight excluding hydrogens is 256 g/mol. The summed E-state index contributed by atoms with van der Waals surface area (Å²) in [4.78, 5) is 3.24. The number of nitrogens with zero attached hydrogens (tertiary/aromatic N) is 3. The minimum absolute atomic E-state index is 0.701. The molecule has 7 heteroatoms. The molecule has 0 saturated heterocycles. The van der Waals surface area contributed by atoms with Gasteiger partial charge in [0.2, 0.25) is 0 Å². The molecule has 0 aliphatic carbocycles. The van der Waals surface area contributed by atoms with Crippen LogP contribution in [0.3, 0.4) is 0 Å². The fourth-order valence-electron chi connectivity index (χ4n) is 1.89. The average molecular weight is 267 g/mol. The third kappa shape index (κ3) is 2.68. The highest BCUT2D eigenvalue weighted by atomic mass is 19.1. The first-order chi connectivity index (χ1) is 8.84. The maximum atomic E-state index is 14.0. The third-order valence-corrected chi connectivity index (χ3v) is 2.70. The molecule has 0 saturated carbocycles. The van der Waals surface area contributed by atoms with E-state index in [1.54, 1.807) is 0 Å². The van der Waals surface area contributed by atoms with Gasteiger partial charge in [0.15, 0.2) is 23.0 Å². The summed E-state index contributed by atoms with van der Waals surface area (Å²) in [6.45, 7) is 2.49. The predicted molar refractivity (Wildman–Crippen MR) is 59.7 cm³/mol. The van der Waals surface area contributed by atoms with Gasteiger partial charge >= 0.3 is 0 Å². The number of hydrogen-bond acceptors (Lipinski definition) is 5. The van der Waals surface area contributed by atoms with Gasteiger partial charge in [0.25, 0.3) is 0 Å². The molecule has 0 bridgehead atoms. The lowest BCUT2D eigenvalue weighted by Gasteiger charge is -2.24. The second kappa shape index (κ2) is 5.70. The number of aliphatic hydroxyl groups is 2. The van der Waals surface area contributed by atoms with Crippen molar-refractivity contribution in [3.63, 3.8) is 0 Å². The lowest BCUT2D eigenvalue weighted by Crippen LogP contribution is -2.28. The Morgan fingerprint density at radius 2 is 1.37 bits per heavy atom. The summed E-state index contributed by atoms with van der Waals surface area (Å²) in [5.41, 5.74) is -2.20. The Hall–Kier alpha value is -2.09. The fourth-order valence-corrected chi connectivity index (χ4v) is 1.89. The van der Waals surface area contributed by atoms with Crippen molar-refractivity contribution in [3.8, 4) is 12.1 Å². The van der Waals surface area contributed by atoms with Gasteiger partial charge in [-0.3, -0.25) is 0 Å². The number of pyridine rings is 1. The van der Waals surface area contributed by atoms with E-state index in [-0.39, 0.29) is 0 Å². The summed E-state index contributed by atoms with van der Waals surface area (Å²) in [5.74, 6) is -3.85. The summed E-state index contributed by atoms with van der Waals surface area (Å²) in [6.07, 6.45) is -2.55. The number of aliphatic hydroxyl groups excluding tert-OH is 2. The van der Waals surface area contributed by atoms with E-state index < -0.39 is 46.7 Å². The maximum Gasteiger partial charge on any atom is 0.178 e. The Balaban J connectivity index is 3.67. The third-order valence-electron chi connectivity index (χ3n) is 2.70. The van der Waals surface area contributed by atoms with Crippen molar-refractivity contribution in [3.05, 3.63) is 28.6 Å². The van der Waals surface area contributed by atoms with Crippen LogP contribution in [0.4, 0.5) is 8.78 Å². The normalized spacial score (nSPS) is 15.2. The van der Waals surface area contributed by atoms with Crippen LogP contribution >= 0.6 is 0 Å². The number of hydrogen-bond donors (Lipinski definition) is 2. The zero-order valence-electron chi connectivity index (χ0n) is 10.2. The first-order valence-electron chi connectivity index (χ1n) is 5.40. The molecule has 0 aromatic carbocycles. The molecule has 1 heterocycles. The van der Waals surface area contributed by atoms with Crippen LogP contribution in [-0.4, -0.2) is 27.4 Å². The SMILES string of the molecule is CC(O)C(c1c(F)c(C#N)nc(C#N)c1F)C(C)O. The van der Waals surface area contributed by atoms with Gasteiger partial charge in [0.05, 0.1) is 12.2 Å². The Kier molecular flexibility index (Phi) is 4.49. The van der Waals surface area contributed by atoms with E-state index >= 15 is 0 Å². The zero-order valence-corrected chi connectivity index (χ0v) is 10.2. The van der Waals surface area contributed by atoms with Crippen LogP contribution in [0.2, 0.25) is 0 Å². The molecule has 2 unspecified atom stereocenters. The van der Waals surface area contributed by atoms with E-state index in [2.05, 4.69) is 4.98 Å². The zero-order chi connectivity index (χ0) is 14.7. The van der Waals surface area contributed by atoms with Crippen molar-refractivity contribution in [2.75, 3.05) is 0 Å². The average Bonchev–Trinajstić information content (AvgIpc) is 2.33. The highest BCUT2D eigenvalue weighted by Gasteiger charge is 2.32. The van der Waals surface area contributed by atoms with Gasteiger partial charge in [-0.2, -0.15) is 10.5 Å². The molecule has 0 aliphatic rings. The van der Waals surface area contributed by atoms with E-state index in [9.17, 15) is 19.0 Å².